The summed E-state index contributed by atoms with van der Waals surface area (Å²) in [6, 6.07) is 7.38. The van der Waals surface area contributed by atoms with Crippen molar-refractivity contribution in [2.75, 3.05) is 11.9 Å². The predicted molar refractivity (Wildman–Crippen MR) is 78.1 cm³/mol. The van der Waals surface area contributed by atoms with Crippen molar-refractivity contribution in [3.63, 3.8) is 0 Å². The van der Waals surface area contributed by atoms with Crippen LogP contribution in [0.5, 0.6) is 5.75 Å². The molecule has 0 aliphatic rings. The molecular weight excluding hydrogens is 278 g/mol. The number of nitrogens with one attached hydrogen (secondary N) is 1. The highest BCUT2D eigenvalue weighted by molar-refractivity contribution is 6.32. The van der Waals surface area contributed by atoms with Gasteiger partial charge in [0.2, 0.25) is 0 Å². The van der Waals surface area contributed by atoms with Gasteiger partial charge in [0.05, 0.1) is 12.2 Å². The molecule has 0 saturated carbocycles. The number of hydrogen-bond donors (Lipinski definition) is 1. The summed E-state index contributed by atoms with van der Waals surface area (Å²) in [6.45, 7) is 4.21. The summed E-state index contributed by atoms with van der Waals surface area (Å²) >= 11 is 5.93. The van der Waals surface area contributed by atoms with Crippen LogP contribution in [-0.4, -0.2) is 22.9 Å². The number of rotatable bonds is 5. The zero-order valence-electron chi connectivity index (χ0n) is 11.2. The number of nitrogens with zero attached hydrogens (tertiary/aromatic N) is 2. The number of halogens is 1. The molecule has 1 heterocycles. The van der Waals surface area contributed by atoms with Crippen LogP contribution < -0.4 is 10.1 Å². The molecule has 1 aromatic carbocycles. The van der Waals surface area contributed by atoms with Crippen LogP contribution in [0.2, 0.25) is 5.15 Å². The Morgan fingerprint density at radius 2 is 2.20 bits per heavy atom. The lowest BCUT2D eigenvalue weighted by atomic mass is 10.2. The van der Waals surface area contributed by atoms with Crippen molar-refractivity contribution in [3.8, 4) is 5.75 Å². The number of aldehydes is 1. The van der Waals surface area contributed by atoms with Crippen molar-refractivity contribution in [2.24, 2.45) is 0 Å². The van der Waals surface area contributed by atoms with E-state index in [1.54, 1.807) is 6.92 Å². The van der Waals surface area contributed by atoms with Crippen molar-refractivity contribution in [2.45, 2.75) is 13.8 Å². The van der Waals surface area contributed by atoms with E-state index in [1.165, 1.54) is 0 Å². The maximum Gasteiger partial charge on any atom is 0.156 e. The molecule has 1 aromatic heterocycles. The van der Waals surface area contributed by atoms with Gasteiger partial charge in [0.25, 0.3) is 0 Å². The van der Waals surface area contributed by atoms with Crippen LogP contribution in [0.1, 0.15) is 23.1 Å². The SMILES string of the molecule is CCOc1cccc(Nc2nc(C)nc(Cl)c2C=O)c1. The zero-order chi connectivity index (χ0) is 14.5. The lowest BCUT2D eigenvalue weighted by Crippen LogP contribution is -2.03. The fraction of sp³-hybridized carbons (Fsp3) is 0.214. The Hall–Kier alpha value is -2.14. The third-order valence-corrected chi connectivity index (χ3v) is 2.82. The van der Waals surface area contributed by atoms with Gasteiger partial charge in [-0.2, -0.15) is 0 Å². The van der Waals surface area contributed by atoms with Gasteiger partial charge in [0, 0.05) is 11.8 Å². The summed E-state index contributed by atoms with van der Waals surface area (Å²) in [4.78, 5) is 19.2. The van der Waals surface area contributed by atoms with Gasteiger partial charge in [-0.3, -0.25) is 4.79 Å². The summed E-state index contributed by atoms with van der Waals surface area (Å²) < 4.78 is 5.42. The maximum absolute atomic E-state index is 11.1. The van der Waals surface area contributed by atoms with E-state index in [2.05, 4.69) is 15.3 Å². The number of carbonyl (C=O) groups excluding carboxylic acids is 1. The molecule has 0 saturated heterocycles. The first-order valence-corrected chi connectivity index (χ1v) is 6.51. The van der Waals surface area contributed by atoms with Gasteiger partial charge in [-0.15, -0.1) is 0 Å². The molecule has 0 amide bonds. The molecule has 0 fully saturated rings. The first-order chi connectivity index (χ1) is 9.63. The van der Waals surface area contributed by atoms with Crippen LogP contribution in [0.25, 0.3) is 0 Å². The van der Waals surface area contributed by atoms with Crippen molar-refractivity contribution < 1.29 is 9.53 Å². The third-order valence-electron chi connectivity index (χ3n) is 2.54. The first-order valence-electron chi connectivity index (χ1n) is 6.13. The van der Waals surface area contributed by atoms with Gasteiger partial charge >= 0.3 is 0 Å². The Labute approximate surface area is 122 Å². The van der Waals surface area contributed by atoms with Crippen molar-refractivity contribution in [3.05, 3.63) is 40.8 Å². The van der Waals surface area contributed by atoms with E-state index in [-0.39, 0.29) is 10.7 Å². The summed E-state index contributed by atoms with van der Waals surface area (Å²) in [7, 11) is 0. The average molecular weight is 292 g/mol. The molecule has 2 aromatic rings. The van der Waals surface area contributed by atoms with Gasteiger partial charge in [-0.1, -0.05) is 17.7 Å². The number of benzene rings is 1. The standard InChI is InChI=1S/C14H14ClN3O2/c1-3-20-11-6-4-5-10(7-11)18-14-12(8-19)13(15)16-9(2)17-14/h4-8H,3H2,1-2H3,(H,16,17,18). The molecule has 104 valence electrons. The molecule has 0 bridgehead atoms. The van der Waals surface area contributed by atoms with Gasteiger partial charge in [0.1, 0.15) is 22.5 Å². The first kappa shape index (κ1) is 14.3. The van der Waals surface area contributed by atoms with Gasteiger partial charge in [0.15, 0.2) is 6.29 Å². The van der Waals surface area contributed by atoms with Crippen LogP contribution in [-0.2, 0) is 0 Å². The Morgan fingerprint density at radius 1 is 1.40 bits per heavy atom. The Bertz CT molecular complexity index is 632. The van der Waals surface area contributed by atoms with Gasteiger partial charge < -0.3 is 10.1 Å². The number of hydrogen-bond acceptors (Lipinski definition) is 5. The second-order valence-electron chi connectivity index (χ2n) is 4.03. The normalized spacial score (nSPS) is 10.2. The maximum atomic E-state index is 11.1. The molecule has 0 spiro atoms. The quantitative estimate of drug-likeness (QED) is 0.676. The Kier molecular flexibility index (Phi) is 4.53. The lowest BCUT2D eigenvalue weighted by molar-refractivity contribution is 0.112. The second kappa shape index (κ2) is 6.34. The van der Waals surface area contributed by atoms with E-state index < -0.39 is 0 Å². The van der Waals surface area contributed by atoms with E-state index in [0.29, 0.717) is 24.5 Å². The molecule has 6 heteroatoms. The molecule has 0 atom stereocenters. The molecular formula is C14H14ClN3O2. The van der Waals surface area contributed by atoms with E-state index in [9.17, 15) is 4.79 Å². The van der Waals surface area contributed by atoms with Crippen LogP contribution in [0, 0.1) is 6.92 Å². The topological polar surface area (TPSA) is 64.1 Å². The average Bonchev–Trinajstić information content (AvgIpc) is 2.39. The van der Waals surface area contributed by atoms with Crippen molar-refractivity contribution in [1.29, 1.82) is 0 Å². The van der Waals surface area contributed by atoms with Crippen LogP contribution in [0.3, 0.4) is 0 Å². The van der Waals surface area contributed by atoms with E-state index in [4.69, 9.17) is 16.3 Å². The summed E-state index contributed by atoms with van der Waals surface area (Å²) in [5, 5.41) is 3.19. The molecule has 0 unspecified atom stereocenters. The highest BCUT2D eigenvalue weighted by atomic mass is 35.5. The predicted octanol–water partition coefficient (Wildman–Crippen LogP) is 3.39. The molecule has 0 aliphatic heterocycles. The van der Waals surface area contributed by atoms with Crippen molar-refractivity contribution >= 4 is 29.4 Å². The third kappa shape index (κ3) is 3.24. The van der Waals surface area contributed by atoms with Crippen LogP contribution in [0.4, 0.5) is 11.5 Å². The van der Waals surface area contributed by atoms with Crippen LogP contribution >= 0.6 is 11.6 Å². The Morgan fingerprint density at radius 3 is 2.90 bits per heavy atom. The summed E-state index contributed by atoms with van der Waals surface area (Å²) in [5.74, 6) is 1.61. The minimum Gasteiger partial charge on any atom is -0.494 e. The number of aryl methyl sites for hydroxylation is 1. The minimum atomic E-state index is 0.135. The monoisotopic (exact) mass is 291 g/mol. The molecule has 1 N–H and O–H groups in total. The van der Waals surface area contributed by atoms with E-state index in [1.807, 2.05) is 31.2 Å². The lowest BCUT2D eigenvalue weighted by Gasteiger charge is -2.11. The summed E-state index contributed by atoms with van der Waals surface area (Å²) in [6.07, 6.45) is 0.635. The van der Waals surface area contributed by atoms with E-state index in [0.717, 1.165) is 11.4 Å². The Balaban J connectivity index is 2.34. The fourth-order valence-electron chi connectivity index (χ4n) is 1.71. The second-order valence-corrected chi connectivity index (χ2v) is 4.39. The zero-order valence-corrected chi connectivity index (χ0v) is 11.9. The minimum absolute atomic E-state index is 0.135. The van der Waals surface area contributed by atoms with E-state index >= 15 is 0 Å². The fourth-order valence-corrected chi connectivity index (χ4v) is 1.97. The number of carbonyl (C=O) groups is 1. The van der Waals surface area contributed by atoms with Gasteiger partial charge in [-0.25, -0.2) is 9.97 Å². The molecule has 0 aliphatic carbocycles. The summed E-state index contributed by atoms with van der Waals surface area (Å²) in [5.41, 5.74) is 0.993. The smallest absolute Gasteiger partial charge is 0.156 e. The van der Waals surface area contributed by atoms with Crippen LogP contribution in [0.15, 0.2) is 24.3 Å². The molecule has 5 nitrogen and oxygen atoms in total. The molecule has 2 rings (SSSR count). The van der Waals surface area contributed by atoms with Crippen molar-refractivity contribution in [1.82, 2.24) is 9.97 Å². The number of ether oxygens (including phenoxy) is 1. The van der Waals surface area contributed by atoms with Gasteiger partial charge in [-0.05, 0) is 26.0 Å². The molecule has 0 radical (unpaired) electrons. The number of aromatic nitrogens is 2. The molecule has 20 heavy (non-hydrogen) atoms. The largest absolute Gasteiger partial charge is 0.494 e. The highest BCUT2D eigenvalue weighted by Crippen LogP contribution is 2.25. The number of anilines is 2. The highest BCUT2D eigenvalue weighted by Gasteiger charge is 2.11.